The minimum Gasteiger partial charge on any atom is -0.481 e. The SMILES string of the molecule is CCCCCCCCCCCCCCCCCCCCCCCCCC(=O)OC1CCC2(C)C(CCC3C2CC(O)C2(C)C(C(C)CCC(=O)O)CCC32)C1. The second-order valence-corrected chi connectivity index (χ2v) is 20.3. The van der Waals surface area contributed by atoms with Crippen molar-refractivity contribution in [2.24, 2.45) is 46.3 Å². The Morgan fingerprint density at radius 1 is 0.636 bits per heavy atom. The molecular formula is C50H90O5. The van der Waals surface area contributed by atoms with Crippen LogP contribution in [0.25, 0.3) is 0 Å². The first-order valence-corrected chi connectivity index (χ1v) is 24.7. The second kappa shape index (κ2) is 24.7. The summed E-state index contributed by atoms with van der Waals surface area (Å²) in [5.74, 6) is 2.35. The van der Waals surface area contributed by atoms with Gasteiger partial charge in [-0.2, -0.15) is 0 Å². The van der Waals surface area contributed by atoms with Crippen LogP contribution in [0.5, 0.6) is 0 Å². The van der Waals surface area contributed by atoms with E-state index in [1.807, 2.05) is 0 Å². The maximum Gasteiger partial charge on any atom is 0.306 e. The summed E-state index contributed by atoms with van der Waals surface area (Å²) in [5, 5.41) is 21.1. The molecule has 4 fully saturated rings. The van der Waals surface area contributed by atoms with E-state index in [-0.39, 0.29) is 35.4 Å². The monoisotopic (exact) mass is 771 g/mol. The first-order chi connectivity index (χ1) is 26.6. The van der Waals surface area contributed by atoms with Gasteiger partial charge in [-0.25, -0.2) is 0 Å². The lowest BCUT2D eigenvalue weighted by Gasteiger charge is -2.62. The average molecular weight is 771 g/mol. The van der Waals surface area contributed by atoms with Gasteiger partial charge in [-0.1, -0.05) is 169 Å². The number of aliphatic hydroxyl groups is 1. The molecule has 0 aromatic heterocycles. The summed E-state index contributed by atoms with van der Waals surface area (Å²) in [6, 6.07) is 0. The van der Waals surface area contributed by atoms with Crippen LogP contribution in [0.1, 0.15) is 246 Å². The zero-order valence-electron chi connectivity index (χ0n) is 36.8. The summed E-state index contributed by atoms with van der Waals surface area (Å²) in [6.07, 6.45) is 41.7. The van der Waals surface area contributed by atoms with E-state index in [2.05, 4.69) is 27.7 Å². The van der Waals surface area contributed by atoms with Crippen molar-refractivity contribution < 1.29 is 24.5 Å². The maximum atomic E-state index is 12.9. The Labute approximate surface area is 340 Å². The molecule has 0 aromatic carbocycles. The molecule has 4 saturated carbocycles. The lowest BCUT2D eigenvalue weighted by Crippen LogP contribution is -2.59. The molecule has 0 bridgehead atoms. The van der Waals surface area contributed by atoms with Gasteiger partial charge in [0.15, 0.2) is 0 Å². The summed E-state index contributed by atoms with van der Waals surface area (Å²) in [7, 11) is 0. The van der Waals surface area contributed by atoms with Gasteiger partial charge in [0.05, 0.1) is 6.10 Å². The fraction of sp³-hybridized carbons (Fsp3) is 0.960. The number of carboxylic acid groups (broad SMARTS) is 1. The Bertz CT molecular complexity index is 1070. The number of fused-ring (bicyclic) bond motifs is 5. The Hall–Kier alpha value is -1.10. The van der Waals surface area contributed by atoms with Gasteiger partial charge < -0.3 is 14.9 Å². The van der Waals surface area contributed by atoms with Gasteiger partial charge in [-0.15, -0.1) is 0 Å². The number of carbonyl (C=O) groups is 2. The molecule has 0 amide bonds. The summed E-state index contributed by atoms with van der Waals surface area (Å²) in [4.78, 5) is 24.2. The Morgan fingerprint density at radius 2 is 1.15 bits per heavy atom. The minimum absolute atomic E-state index is 0.0173. The predicted octanol–water partition coefficient (Wildman–Crippen LogP) is 14.4. The van der Waals surface area contributed by atoms with Crippen molar-refractivity contribution >= 4 is 11.9 Å². The number of aliphatic hydroxyl groups excluding tert-OH is 1. The Balaban J connectivity index is 0.981. The molecule has 5 heteroatoms. The molecule has 0 aromatic rings. The lowest BCUT2D eigenvalue weighted by molar-refractivity contribution is -0.181. The van der Waals surface area contributed by atoms with Crippen LogP contribution in [0.2, 0.25) is 0 Å². The Kier molecular flexibility index (Phi) is 21.0. The van der Waals surface area contributed by atoms with Crippen molar-refractivity contribution in [3.05, 3.63) is 0 Å². The van der Waals surface area contributed by atoms with E-state index in [1.54, 1.807) is 0 Å². The van der Waals surface area contributed by atoms with E-state index < -0.39 is 5.97 Å². The largest absolute Gasteiger partial charge is 0.481 e. The van der Waals surface area contributed by atoms with Gasteiger partial charge >= 0.3 is 11.9 Å². The molecule has 0 radical (unpaired) electrons. The highest BCUT2D eigenvalue weighted by atomic mass is 16.5. The average Bonchev–Trinajstić information content (AvgIpc) is 3.53. The van der Waals surface area contributed by atoms with Gasteiger partial charge in [0, 0.05) is 12.8 Å². The maximum absolute atomic E-state index is 12.9. The summed E-state index contributed by atoms with van der Waals surface area (Å²) in [5.41, 5.74) is 0.118. The summed E-state index contributed by atoms with van der Waals surface area (Å²) >= 11 is 0. The first-order valence-electron chi connectivity index (χ1n) is 24.7. The van der Waals surface area contributed by atoms with Crippen molar-refractivity contribution in [3.63, 3.8) is 0 Å². The van der Waals surface area contributed by atoms with Crippen LogP contribution in [0.15, 0.2) is 0 Å². The number of esters is 1. The molecule has 55 heavy (non-hydrogen) atoms. The van der Waals surface area contributed by atoms with Gasteiger partial charge in [-0.05, 0) is 111 Å². The molecule has 0 heterocycles. The van der Waals surface area contributed by atoms with Gasteiger partial charge in [0.2, 0.25) is 0 Å². The molecule has 4 aliphatic rings. The molecule has 0 saturated heterocycles. The quantitative estimate of drug-likeness (QED) is 0.0584. The van der Waals surface area contributed by atoms with Crippen molar-refractivity contribution in [2.75, 3.05) is 0 Å². The zero-order valence-corrected chi connectivity index (χ0v) is 36.8. The van der Waals surface area contributed by atoms with Crippen LogP contribution in [-0.2, 0) is 14.3 Å². The third-order valence-electron chi connectivity index (χ3n) is 16.6. The van der Waals surface area contributed by atoms with Crippen molar-refractivity contribution in [1.82, 2.24) is 0 Å². The molecule has 5 nitrogen and oxygen atoms in total. The number of carbonyl (C=O) groups excluding carboxylic acids is 1. The standard InChI is InChI=1S/C50H90O5/c1-5-6-7-8-9-10-11-12-13-14-15-16-17-18-19-20-21-22-23-24-25-26-27-28-48(54)55-41-35-36-49(3)40(37-41)30-31-42-44-33-32-43(39(2)29-34-47(52)53)50(44,4)46(51)38-45(42)49/h39-46,51H,5-38H2,1-4H3,(H,52,53). The molecule has 10 atom stereocenters. The fourth-order valence-electron chi connectivity index (χ4n) is 13.1. The topological polar surface area (TPSA) is 83.8 Å². The normalized spacial score (nSPS) is 32.1. The van der Waals surface area contributed by atoms with Crippen LogP contribution in [0.3, 0.4) is 0 Å². The highest BCUT2D eigenvalue weighted by molar-refractivity contribution is 5.69. The second-order valence-electron chi connectivity index (χ2n) is 20.3. The van der Waals surface area contributed by atoms with E-state index in [1.165, 1.54) is 154 Å². The molecule has 0 spiro atoms. The Morgan fingerprint density at radius 3 is 1.65 bits per heavy atom. The van der Waals surface area contributed by atoms with E-state index in [4.69, 9.17) is 4.74 Å². The van der Waals surface area contributed by atoms with Crippen LogP contribution < -0.4 is 0 Å². The van der Waals surface area contributed by atoms with E-state index in [0.29, 0.717) is 48.3 Å². The fourth-order valence-corrected chi connectivity index (χ4v) is 13.1. The number of carboxylic acids is 1. The van der Waals surface area contributed by atoms with E-state index >= 15 is 0 Å². The predicted molar refractivity (Wildman–Crippen MR) is 229 cm³/mol. The van der Waals surface area contributed by atoms with Crippen LogP contribution in [0.4, 0.5) is 0 Å². The van der Waals surface area contributed by atoms with Crippen LogP contribution in [0, 0.1) is 46.3 Å². The van der Waals surface area contributed by atoms with Gasteiger partial charge in [0.25, 0.3) is 0 Å². The minimum atomic E-state index is -0.709. The van der Waals surface area contributed by atoms with Gasteiger partial charge in [0.1, 0.15) is 6.10 Å². The molecule has 0 aliphatic heterocycles. The van der Waals surface area contributed by atoms with Gasteiger partial charge in [-0.3, -0.25) is 9.59 Å². The van der Waals surface area contributed by atoms with E-state index in [0.717, 1.165) is 44.9 Å². The van der Waals surface area contributed by atoms with Crippen molar-refractivity contribution in [3.8, 4) is 0 Å². The zero-order chi connectivity index (χ0) is 39.5. The number of aliphatic carboxylic acids is 1. The highest BCUT2D eigenvalue weighted by Gasteiger charge is 2.63. The molecule has 4 aliphatic carbocycles. The molecule has 2 N–H and O–H groups in total. The third kappa shape index (κ3) is 14.0. The summed E-state index contributed by atoms with van der Waals surface area (Å²) in [6.45, 7) is 9.38. The summed E-state index contributed by atoms with van der Waals surface area (Å²) < 4.78 is 6.13. The third-order valence-corrected chi connectivity index (χ3v) is 16.6. The van der Waals surface area contributed by atoms with Crippen molar-refractivity contribution in [2.45, 2.75) is 258 Å². The molecular weight excluding hydrogens is 681 g/mol. The number of hydrogen-bond acceptors (Lipinski definition) is 4. The molecule has 10 unspecified atom stereocenters. The number of hydrogen-bond donors (Lipinski definition) is 2. The number of rotatable bonds is 29. The molecule has 4 rings (SSSR count). The van der Waals surface area contributed by atoms with Crippen LogP contribution >= 0.6 is 0 Å². The van der Waals surface area contributed by atoms with Crippen LogP contribution in [-0.4, -0.2) is 34.4 Å². The number of ether oxygens (including phenoxy) is 1. The smallest absolute Gasteiger partial charge is 0.306 e. The lowest BCUT2D eigenvalue weighted by atomic mass is 9.43. The first kappa shape index (κ1) is 46.6. The van der Waals surface area contributed by atoms with Crippen molar-refractivity contribution in [1.29, 1.82) is 0 Å². The van der Waals surface area contributed by atoms with E-state index in [9.17, 15) is 19.8 Å². The number of unbranched alkanes of at least 4 members (excludes halogenated alkanes) is 22. The molecule has 320 valence electrons. The highest BCUT2D eigenvalue weighted by Crippen LogP contribution is 2.68.